The maximum absolute atomic E-state index is 13.6. The van der Waals surface area contributed by atoms with Crippen LogP contribution in [0.5, 0.6) is 0 Å². The van der Waals surface area contributed by atoms with Crippen molar-refractivity contribution in [2.45, 2.75) is 5.37 Å². The molecule has 1 fully saturated rings. The number of benzene rings is 4. The molecule has 0 aromatic heterocycles. The second-order valence-electron chi connectivity index (χ2n) is 8.44. The molecule has 7 nitrogen and oxygen atoms in total. The van der Waals surface area contributed by atoms with Crippen molar-refractivity contribution in [3.63, 3.8) is 0 Å². The number of halogens is 1. The fraction of sp³-hybridized carbons (Fsp3) is 0.0345. The van der Waals surface area contributed by atoms with Crippen molar-refractivity contribution in [3.05, 3.63) is 141 Å². The van der Waals surface area contributed by atoms with Crippen molar-refractivity contribution in [1.29, 1.82) is 0 Å². The van der Waals surface area contributed by atoms with E-state index in [1.807, 2.05) is 42.5 Å². The number of carbonyl (C=O) groups is 2. The molecule has 0 saturated carbocycles. The highest BCUT2D eigenvalue weighted by Crippen LogP contribution is 2.45. The average Bonchev–Trinajstić information content (AvgIpc) is 3.24. The van der Waals surface area contributed by atoms with Crippen LogP contribution in [-0.2, 0) is 4.79 Å². The summed E-state index contributed by atoms with van der Waals surface area (Å²) < 4.78 is 13.6. The topological polar surface area (TPSA) is 92.6 Å². The average molecular weight is 526 g/mol. The quantitative estimate of drug-likeness (QED) is 0.180. The Morgan fingerprint density at radius 2 is 1.61 bits per heavy atom. The molecule has 0 aliphatic carbocycles. The van der Waals surface area contributed by atoms with Crippen LogP contribution in [0.4, 0.5) is 10.1 Å². The lowest BCUT2D eigenvalue weighted by Gasteiger charge is -2.24. The molecule has 4 aromatic rings. The summed E-state index contributed by atoms with van der Waals surface area (Å²) in [6.07, 6.45) is 1.54. The Balaban J connectivity index is 1.42. The van der Waals surface area contributed by atoms with Gasteiger partial charge in [-0.1, -0.05) is 78.5 Å². The molecule has 2 amide bonds. The van der Waals surface area contributed by atoms with E-state index in [0.717, 1.165) is 22.9 Å². The van der Waals surface area contributed by atoms with Crippen LogP contribution in [0.1, 0.15) is 26.9 Å². The molecule has 5 rings (SSSR count). The van der Waals surface area contributed by atoms with E-state index in [1.54, 1.807) is 30.3 Å². The molecule has 1 heterocycles. The number of hydrogen-bond donors (Lipinski definition) is 1. The highest BCUT2D eigenvalue weighted by Gasteiger charge is 2.38. The maximum Gasteiger partial charge on any atom is 0.280 e. The summed E-state index contributed by atoms with van der Waals surface area (Å²) in [5, 5.41) is 11.7. The highest BCUT2D eigenvalue weighted by molar-refractivity contribution is 8.04. The summed E-state index contributed by atoms with van der Waals surface area (Å²) in [5.74, 6) is -1.39. The minimum absolute atomic E-state index is 0.103. The summed E-state index contributed by atoms with van der Waals surface area (Å²) in [4.78, 5) is 37.5. The van der Waals surface area contributed by atoms with Gasteiger partial charge in [0.2, 0.25) is 0 Å². The molecule has 0 bridgehead atoms. The van der Waals surface area contributed by atoms with Crippen LogP contribution in [0.2, 0.25) is 0 Å². The van der Waals surface area contributed by atoms with E-state index in [4.69, 9.17) is 0 Å². The number of nitrogens with zero attached hydrogens (tertiary/aromatic N) is 2. The number of carbonyl (C=O) groups excluding carboxylic acids is 2. The van der Waals surface area contributed by atoms with Gasteiger partial charge in [-0.25, -0.2) is 9.40 Å². The monoisotopic (exact) mass is 525 g/mol. The van der Waals surface area contributed by atoms with E-state index in [9.17, 15) is 24.1 Å². The molecule has 1 N–H and O–H groups in total. The Hall–Kier alpha value is -4.76. The number of hydrogen-bond acceptors (Lipinski definition) is 5. The molecule has 0 radical (unpaired) electrons. The molecule has 38 heavy (non-hydrogen) atoms. The van der Waals surface area contributed by atoms with Gasteiger partial charge < -0.3 is 0 Å². The van der Waals surface area contributed by atoms with Gasteiger partial charge in [-0.3, -0.25) is 25.1 Å². The fourth-order valence-corrected chi connectivity index (χ4v) is 5.19. The SMILES string of the molecule is O=C(NN1C(=O)/C(=C\c2cccc([N+](=O)[O-])c2)SC1c1ccc(F)cc1)c1ccc(-c2ccccc2)cc1. The molecule has 9 heteroatoms. The van der Waals surface area contributed by atoms with E-state index in [-0.39, 0.29) is 10.6 Å². The fourth-order valence-electron chi connectivity index (χ4n) is 4.00. The van der Waals surface area contributed by atoms with Gasteiger partial charge in [-0.15, -0.1) is 0 Å². The van der Waals surface area contributed by atoms with Gasteiger partial charge in [0.25, 0.3) is 17.5 Å². The van der Waals surface area contributed by atoms with Crippen LogP contribution >= 0.6 is 11.8 Å². The first-order chi connectivity index (χ1) is 18.4. The van der Waals surface area contributed by atoms with E-state index in [1.165, 1.54) is 41.4 Å². The van der Waals surface area contributed by atoms with Crippen molar-refractivity contribution in [1.82, 2.24) is 10.4 Å². The zero-order valence-corrected chi connectivity index (χ0v) is 20.6. The number of nitro groups is 1. The minimum Gasteiger partial charge on any atom is -0.267 e. The first kappa shape index (κ1) is 24.9. The third kappa shape index (κ3) is 5.33. The number of hydrazine groups is 1. The Morgan fingerprint density at radius 1 is 0.921 bits per heavy atom. The Morgan fingerprint density at radius 3 is 2.29 bits per heavy atom. The van der Waals surface area contributed by atoms with Crippen LogP contribution in [0.3, 0.4) is 0 Å². The second-order valence-corrected chi connectivity index (χ2v) is 9.56. The summed E-state index contributed by atoms with van der Waals surface area (Å²) in [6, 6.07) is 28.3. The van der Waals surface area contributed by atoms with E-state index in [0.29, 0.717) is 16.7 Å². The third-order valence-corrected chi connectivity index (χ3v) is 7.17. The van der Waals surface area contributed by atoms with Gasteiger partial charge in [-0.2, -0.15) is 0 Å². The van der Waals surface area contributed by atoms with E-state index in [2.05, 4.69) is 5.43 Å². The van der Waals surface area contributed by atoms with Crippen molar-refractivity contribution >= 4 is 35.3 Å². The summed E-state index contributed by atoms with van der Waals surface area (Å²) in [7, 11) is 0. The van der Waals surface area contributed by atoms with E-state index >= 15 is 0 Å². The molecule has 1 saturated heterocycles. The Labute approximate surface area is 221 Å². The Bertz CT molecular complexity index is 1540. The molecular formula is C29H20FN3O4S. The highest BCUT2D eigenvalue weighted by atomic mass is 32.2. The standard InChI is InChI=1S/C29H20FN3O4S/c30-24-15-13-23(14-16-24)29-32(28(35)26(38-29)18-19-5-4-8-25(17-19)33(36)37)31-27(34)22-11-9-21(10-12-22)20-6-2-1-3-7-20/h1-18,29H,(H,31,34)/b26-18+. The first-order valence-electron chi connectivity index (χ1n) is 11.6. The van der Waals surface area contributed by atoms with Gasteiger partial charge in [0.15, 0.2) is 0 Å². The normalized spacial score (nSPS) is 16.0. The number of thioether (sulfide) groups is 1. The van der Waals surface area contributed by atoms with Crippen LogP contribution in [0.15, 0.2) is 108 Å². The number of non-ortho nitro benzene ring substituents is 1. The Kier molecular flexibility index (Phi) is 7.01. The number of amides is 2. The molecule has 188 valence electrons. The van der Waals surface area contributed by atoms with Gasteiger partial charge in [0, 0.05) is 17.7 Å². The molecule has 0 spiro atoms. The lowest BCUT2D eigenvalue weighted by Crippen LogP contribution is -2.44. The zero-order valence-electron chi connectivity index (χ0n) is 19.8. The minimum atomic E-state index is -0.666. The first-order valence-corrected chi connectivity index (χ1v) is 12.5. The lowest BCUT2D eigenvalue weighted by atomic mass is 10.0. The zero-order chi connectivity index (χ0) is 26.6. The summed E-state index contributed by atoms with van der Waals surface area (Å²) >= 11 is 1.16. The molecule has 1 unspecified atom stereocenters. The predicted octanol–water partition coefficient (Wildman–Crippen LogP) is 6.36. The van der Waals surface area contributed by atoms with Gasteiger partial charge in [-0.05, 0) is 52.6 Å². The van der Waals surface area contributed by atoms with Gasteiger partial charge in [0.05, 0.1) is 9.83 Å². The number of rotatable bonds is 6. The lowest BCUT2D eigenvalue weighted by molar-refractivity contribution is -0.384. The molecular weight excluding hydrogens is 505 g/mol. The van der Waals surface area contributed by atoms with Crippen molar-refractivity contribution in [2.24, 2.45) is 0 Å². The van der Waals surface area contributed by atoms with Gasteiger partial charge >= 0.3 is 0 Å². The molecule has 1 aliphatic heterocycles. The van der Waals surface area contributed by atoms with Crippen molar-refractivity contribution in [2.75, 3.05) is 0 Å². The van der Waals surface area contributed by atoms with Crippen LogP contribution in [0.25, 0.3) is 17.2 Å². The summed E-state index contributed by atoms with van der Waals surface area (Å²) in [6.45, 7) is 0. The molecule has 4 aromatic carbocycles. The van der Waals surface area contributed by atoms with Crippen molar-refractivity contribution in [3.8, 4) is 11.1 Å². The third-order valence-electron chi connectivity index (χ3n) is 5.91. The van der Waals surface area contributed by atoms with Crippen LogP contribution < -0.4 is 5.43 Å². The number of nitrogens with one attached hydrogen (secondary N) is 1. The molecule has 1 aliphatic rings. The van der Waals surface area contributed by atoms with Crippen LogP contribution in [0, 0.1) is 15.9 Å². The summed E-state index contributed by atoms with van der Waals surface area (Å²) in [5.41, 5.74) is 5.98. The maximum atomic E-state index is 13.6. The van der Waals surface area contributed by atoms with Gasteiger partial charge in [0.1, 0.15) is 11.2 Å². The van der Waals surface area contributed by atoms with Crippen molar-refractivity contribution < 1.29 is 18.9 Å². The van der Waals surface area contributed by atoms with Crippen LogP contribution in [-0.4, -0.2) is 21.7 Å². The largest absolute Gasteiger partial charge is 0.280 e. The predicted molar refractivity (Wildman–Crippen MR) is 144 cm³/mol. The number of nitro benzene ring substituents is 1. The second kappa shape index (κ2) is 10.7. The molecule has 1 atom stereocenters. The van der Waals surface area contributed by atoms with E-state index < -0.39 is 27.9 Å². The smallest absolute Gasteiger partial charge is 0.267 e.